The average molecular weight is 250 g/mol. The van der Waals surface area contributed by atoms with Gasteiger partial charge in [0.15, 0.2) is 0 Å². The van der Waals surface area contributed by atoms with Crippen LogP contribution >= 0.6 is 0 Å². The lowest BCUT2D eigenvalue weighted by atomic mass is 9.94. The van der Waals surface area contributed by atoms with Crippen LogP contribution in [0.15, 0.2) is 30.3 Å². The van der Waals surface area contributed by atoms with E-state index in [0.29, 0.717) is 6.42 Å². The predicted octanol–water partition coefficient (Wildman–Crippen LogP) is 0.0302. The van der Waals surface area contributed by atoms with Gasteiger partial charge in [0.05, 0.1) is 12.2 Å². The van der Waals surface area contributed by atoms with Gasteiger partial charge in [-0.05, 0) is 31.4 Å². The summed E-state index contributed by atoms with van der Waals surface area (Å²) in [5.74, 6) is 0. The highest BCUT2D eigenvalue weighted by atomic mass is 16.3. The Hall–Kier alpha value is -0.940. The summed E-state index contributed by atoms with van der Waals surface area (Å²) in [4.78, 5) is 0. The Kier molecular flexibility index (Phi) is 4.72. The molecule has 1 aromatic carbocycles. The van der Waals surface area contributed by atoms with E-state index in [1.807, 2.05) is 30.3 Å². The van der Waals surface area contributed by atoms with Crippen LogP contribution in [-0.4, -0.2) is 41.0 Å². The fourth-order valence-corrected chi connectivity index (χ4v) is 2.50. The van der Waals surface area contributed by atoms with Crippen LogP contribution in [0.3, 0.4) is 0 Å². The van der Waals surface area contributed by atoms with E-state index in [-0.39, 0.29) is 6.04 Å². The number of nitrogens with two attached hydrogens (primary N) is 1. The van der Waals surface area contributed by atoms with Gasteiger partial charge in [-0.15, -0.1) is 0 Å². The maximum atomic E-state index is 10.1. The molecule has 0 aliphatic carbocycles. The highest BCUT2D eigenvalue weighted by Crippen LogP contribution is 2.15. The van der Waals surface area contributed by atoms with Gasteiger partial charge in [0.2, 0.25) is 0 Å². The van der Waals surface area contributed by atoms with Gasteiger partial charge in [0, 0.05) is 12.1 Å². The molecular weight excluding hydrogens is 228 g/mol. The van der Waals surface area contributed by atoms with Crippen LogP contribution in [0.4, 0.5) is 0 Å². The molecule has 1 aromatic rings. The SMILES string of the molecule is N[C@@H](Cc1ccccc1)[C@@H](O)[C@H](O)[C@H]1CCCN1. The topological polar surface area (TPSA) is 78.5 Å². The number of hydrogen-bond acceptors (Lipinski definition) is 4. The van der Waals surface area contributed by atoms with E-state index in [1.54, 1.807) is 0 Å². The second-order valence-corrected chi connectivity index (χ2v) is 5.04. The van der Waals surface area contributed by atoms with Crippen LogP contribution in [0, 0.1) is 0 Å². The first-order valence-corrected chi connectivity index (χ1v) is 6.57. The predicted molar refractivity (Wildman–Crippen MR) is 71.2 cm³/mol. The van der Waals surface area contributed by atoms with E-state index >= 15 is 0 Å². The Morgan fingerprint density at radius 3 is 2.61 bits per heavy atom. The van der Waals surface area contributed by atoms with Crippen LogP contribution in [0.25, 0.3) is 0 Å². The van der Waals surface area contributed by atoms with Crippen LogP contribution in [0.1, 0.15) is 18.4 Å². The molecule has 1 aliphatic rings. The molecule has 0 bridgehead atoms. The highest BCUT2D eigenvalue weighted by Gasteiger charge is 2.31. The molecule has 1 heterocycles. The highest BCUT2D eigenvalue weighted by molar-refractivity contribution is 5.16. The Labute approximate surface area is 108 Å². The molecule has 4 nitrogen and oxygen atoms in total. The first kappa shape index (κ1) is 13.5. The summed E-state index contributed by atoms with van der Waals surface area (Å²) < 4.78 is 0. The van der Waals surface area contributed by atoms with E-state index < -0.39 is 18.2 Å². The molecular formula is C14H22N2O2. The van der Waals surface area contributed by atoms with Gasteiger partial charge >= 0.3 is 0 Å². The number of aliphatic hydroxyl groups is 2. The lowest BCUT2D eigenvalue weighted by Crippen LogP contribution is -2.51. The number of benzene rings is 1. The van der Waals surface area contributed by atoms with Crippen molar-refractivity contribution in [1.29, 1.82) is 0 Å². The number of aliphatic hydroxyl groups excluding tert-OH is 2. The maximum absolute atomic E-state index is 10.1. The minimum absolute atomic E-state index is 0.0261. The van der Waals surface area contributed by atoms with Gasteiger partial charge in [0.1, 0.15) is 0 Å². The van der Waals surface area contributed by atoms with Crippen molar-refractivity contribution in [2.24, 2.45) is 5.73 Å². The molecule has 0 spiro atoms. The van der Waals surface area contributed by atoms with E-state index in [9.17, 15) is 10.2 Å². The van der Waals surface area contributed by atoms with Crippen LogP contribution in [0.2, 0.25) is 0 Å². The molecule has 4 heteroatoms. The van der Waals surface area contributed by atoms with Crippen molar-refractivity contribution < 1.29 is 10.2 Å². The number of hydrogen-bond donors (Lipinski definition) is 4. The second-order valence-electron chi connectivity index (χ2n) is 5.04. The molecule has 0 saturated carbocycles. The van der Waals surface area contributed by atoms with Gasteiger partial charge in [-0.3, -0.25) is 0 Å². The summed E-state index contributed by atoms with van der Waals surface area (Å²) >= 11 is 0. The minimum atomic E-state index is -0.888. The fourth-order valence-electron chi connectivity index (χ4n) is 2.50. The molecule has 0 radical (unpaired) electrons. The molecule has 1 aliphatic heterocycles. The Morgan fingerprint density at radius 2 is 2.00 bits per heavy atom. The standard InChI is InChI=1S/C14H22N2O2/c15-11(9-10-5-2-1-3-6-10)13(17)14(18)12-7-4-8-16-12/h1-3,5-6,11-14,16-18H,4,7-9,15H2/t11-,12+,13+,14+/m0/s1. The normalized spacial score (nSPS) is 24.7. The monoisotopic (exact) mass is 250 g/mol. The van der Waals surface area contributed by atoms with E-state index in [4.69, 9.17) is 5.73 Å². The molecule has 1 saturated heterocycles. The van der Waals surface area contributed by atoms with Crippen molar-refractivity contribution in [2.45, 2.75) is 43.6 Å². The molecule has 1 fully saturated rings. The van der Waals surface area contributed by atoms with Gasteiger partial charge < -0.3 is 21.3 Å². The van der Waals surface area contributed by atoms with Crippen molar-refractivity contribution in [3.05, 3.63) is 35.9 Å². The second kappa shape index (κ2) is 6.29. The average Bonchev–Trinajstić information content (AvgIpc) is 2.92. The molecule has 0 aromatic heterocycles. The third-order valence-corrected chi connectivity index (χ3v) is 3.61. The summed E-state index contributed by atoms with van der Waals surface area (Å²) in [5, 5.41) is 23.4. The fraction of sp³-hybridized carbons (Fsp3) is 0.571. The van der Waals surface area contributed by atoms with Gasteiger partial charge in [0.25, 0.3) is 0 Å². The van der Waals surface area contributed by atoms with E-state index in [1.165, 1.54) is 0 Å². The molecule has 4 atom stereocenters. The summed E-state index contributed by atoms with van der Waals surface area (Å²) in [7, 11) is 0. The Morgan fingerprint density at radius 1 is 1.28 bits per heavy atom. The number of rotatable bonds is 5. The van der Waals surface area contributed by atoms with E-state index in [0.717, 1.165) is 24.9 Å². The Balaban J connectivity index is 1.89. The lowest BCUT2D eigenvalue weighted by Gasteiger charge is -2.28. The molecule has 0 unspecified atom stereocenters. The van der Waals surface area contributed by atoms with Crippen molar-refractivity contribution in [3.8, 4) is 0 Å². The maximum Gasteiger partial charge on any atom is 0.0968 e. The third-order valence-electron chi connectivity index (χ3n) is 3.61. The summed E-state index contributed by atoms with van der Waals surface area (Å²) in [6, 6.07) is 9.33. The quantitative estimate of drug-likeness (QED) is 0.594. The summed E-state index contributed by atoms with van der Waals surface area (Å²) in [5.41, 5.74) is 7.06. The zero-order valence-electron chi connectivity index (χ0n) is 10.5. The summed E-state index contributed by atoms with van der Waals surface area (Å²) in [6.45, 7) is 0.905. The zero-order chi connectivity index (χ0) is 13.0. The third kappa shape index (κ3) is 3.29. The van der Waals surface area contributed by atoms with Crippen molar-refractivity contribution in [2.75, 3.05) is 6.54 Å². The number of nitrogens with one attached hydrogen (secondary N) is 1. The van der Waals surface area contributed by atoms with Crippen LogP contribution < -0.4 is 11.1 Å². The van der Waals surface area contributed by atoms with Gasteiger partial charge in [-0.2, -0.15) is 0 Å². The van der Waals surface area contributed by atoms with Gasteiger partial charge in [-0.1, -0.05) is 30.3 Å². The first-order chi connectivity index (χ1) is 8.68. The summed E-state index contributed by atoms with van der Waals surface area (Å²) in [6.07, 6.45) is 0.844. The van der Waals surface area contributed by atoms with E-state index in [2.05, 4.69) is 5.32 Å². The zero-order valence-corrected chi connectivity index (χ0v) is 10.5. The molecule has 5 N–H and O–H groups in total. The lowest BCUT2D eigenvalue weighted by molar-refractivity contribution is -0.0135. The molecule has 100 valence electrons. The molecule has 2 rings (SSSR count). The largest absolute Gasteiger partial charge is 0.389 e. The van der Waals surface area contributed by atoms with Crippen molar-refractivity contribution in [1.82, 2.24) is 5.32 Å². The van der Waals surface area contributed by atoms with Gasteiger partial charge in [-0.25, -0.2) is 0 Å². The first-order valence-electron chi connectivity index (χ1n) is 6.57. The Bertz CT molecular complexity index is 352. The molecule has 18 heavy (non-hydrogen) atoms. The minimum Gasteiger partial charge on any atom is -0.389 e. The van der Waals surface area contributed by atoms with Crippen LogP contribution in [-0.2, 0) is 6.42 Å². The van der Waals surface area contributed by atoms with Crippen molar-refractivity contribution >= 4 is 0 Å². The smallest absolute Gasteiger partial charge is 0.0968 e. The van der Waals surface area contributed by atoms with Crippen LogP contribution in [0.5, 0.6) is 0 Å². The van der Waals surface area contributed by atoms with Crippen molar-refractivity contribution in [3.63, 3.8) is 0 Å². The molecule has 0 amide bonds.